The summed E-state index contributed by atoms with van der Waals surface area (Å²) in [6, 6.07) is 41.7. The van der Waals surface area contributed by atoms with Gasteiger partial charge in [-0.15, -0.1) is 0 Å². The molecule has 17 heteroatoms. The Morgan fingerprint density at radius 1 is 0.423 bits per heavy atom. The van der Waals surface area contributed by atoms with Crippen molar-refractivity contribution >= 4 is 77.3 Å². The molecular weight excluding hydrogens is 917 g/mol. The summed E-state index contributed by atoms with van der Waals surface area (Å²) in [4.78, 5) is 62.4. The van der Waals surface area contributed by atoms with Crippen LogP contribution >= 0.6 is 0 Å². The molecule has 6 bridgehead atoms. The SMILES string of the molecule is COc1ccc(CCC(=O)O[Si]2(OC(=O)CCc3ccc(OC)c(OC)c3)n3c4c5ccccc5c3N=C3N=C(N=c5c6ccccc6c(n52)=NC2=NC(=N4)c4ccccc42)c2ccccc23)cc1OC. The number of hydrogen-bond acceptors (Lipinski definition) is 14. The third-order valence-electron chi connectivity index (χ3n) is 12.9. The first-order chi connectivity index (χ1) is 34.8. The molecule has 0 unspecified atom stereocenters. The highest BCUT2D eigenvalue weighted by molar-refractivity contribution is 6.69. The zero-order valence-electron chi connectivity index (χ0n) is 38.9. The lowest BCUT2D eigenvalue weighted by molar-refractivity contribution is -0.142. The number of amidine groups is 4. The summed E-state index contributed by atoms with van der Waals surface area (Å²) in [5.74, 6) is 2.77. The fourth-order valence-electron chi connectivity index (χ4n) is 9.60. The lowest BCUT2D eigenvalue weighted by Crippen LogP contribution is -2.65. The van der Waals surface area contributed by atoms with Gasteiger partial charge in [0, 0.05) is 56.6 Å². The molecule has 0 N–H and O–H groups in total. The number of nitrogens with zero attached hydrogens (tertiary/aromatic N) is 8. The largest absolute Gasteiger partial charge is 0.742 e. The molecule has 0 fully saturated rings. The molecule has 0 amide bonds. The Morgan fingerprint density at radius 3 is 1.18 bits per heavy atom. The van der Waals surface area contributed by atoms with Crippen LogP contribution in [0.25, 0.3) is 21.5 Å². The van der Waals surface area contributed by atoms with Crippen LogP contribution in [0.1, 0.15) is 46.2 Å². The summed E-state index contributed by atoms with van der Waals surface area (Å²) in [6.07, 6.45) is 0.181. The second kappa shape index (κ2) is 17.2. The van der Waals surface area contributed by atoms with Crippen LogP contribution in [0.2, 0.25) is 0 Å². The maximum absolute atomic E-state index is 15.3. The van der Waals surface area contributed by atoms with Crippen molar-refractivity contribution in [3.8, 4) is 23.0 Å². The third-order valence-corrected chi connectivity index (χ3v) is 15.9. The Morgan fingerprint density at radius 2 is 0.789 bits per heavy atom. The number of carbonyl (C=O) groups is 2. The Hall–Kier alpha value is -8.96. The number of hydrogen-bond donors (Lipinski definition) is 0. The third kappa shape index (κ3) is 7.10. The maximum atomic E-state index is 15.3. The van der Waals surface area contributed by atoms with Crippen LogP contribution in [-0.4, -0.2) is 81.1 Å². The summed E-state index contributed by atoms with van der Waals surface area (Å²) in [7, 11) is 1.10. The fraction of sp³-hybridized carbons (Fsp3) is 0.148. The van der Waals surface area contributed by atoms with Gasteiger partial charge in [-0.05, 0) is 48.2 Å². The van der Waals surface area contributed by atoms with Crippen LogP contribution in [0.5, 0.6) is 23.0 Å². The van der Waals surface area contributed by atoms with Gasteiger partial charge in [0.1, 0.15) is 22.6 Å². The first kappa shape index (κ1) is 43.3. The molecule has 71 heavy (non-hydrogen) atoms. The van der Waals surface area contributed by atoms with E-state index in [1.807, 2.05) is 121 Å². The molecule has 2 aromatic heterocycles. The first-order valence-corrected chi connectivity index (χ1v) is 24.6. The minimum absolute atomic E-state index is 0.141. The van der Waals surface area contributed by atoms with Crippen LogP contribution in [0.3, 0.4) is 0 Å². The van der Waals surface area contributed by atoms with Crippen molar-refractivity contribution in [1.82, 2.24) is 8.47 Å². The number of benzene rings is 6. The van der Waals surface area contributed by atoms with Crippen LogP contribution in [0.15, 0.2) is 163 Å². The summed E-state index contributed by atoms with van der Waals surface area (Å²) in [5, 5.41) is 2.52. The van der Waals surface area contributed by atoms with Gasteiger partial charge in [0.2, 0.25) is 0 Å². The number of aliphatic imine (C=N–C) groups is 4. The maximum Gasteiger partial charge on any atom is 0.742 e. The van der Waals surface area contributed by atoms with Crippen molar-refractivity contribution in [3.63, 3.8) is 0 Å². The average molecular weight is 959 g/mol. The van der Waals surface area contributed by atoms with Gasteiger partial charge in [0.15, 0.2) is 46.3 Å². The highest BCUT2D eigenvalue weighted by atomic mass is 28.4. The number of carbonyl (C=O) groups excluding carboxylic acids is 2. The van der Waals surface area contributed by atoms with Crippen molar-refractivity contribution in [2.75, 3.05) is 28.4 Å². The standard InChI is InChI=1S/C54H42N8O8Si/c1-65-41-25-21-31(29-43(41)67-3)23-27-45(63)69-71(70-46(64)28-24-32-22-26-42(66-2)44(30-32)68-4)61-51-37-17-9-10-18-38(37)53(61)59-49-35-15-7-8-16-36(35)50(56-49)60-54-40-20-12-11-19-39(40)52(62(54)71)58-48-34-14-6-5-13-33(34)47(55-48)57-51/h5-22,25-26,29-30H,23-24,27-28H2,1-4H3. The van der Waals surface area contributed by atoms with E-state index in [9.17, 15) is 0 Å². The van der Waals surface area contributed by atoms with Crippen LogP contribution in [-0.2, 0) is 31.3 Å². The van der Waals surface area contributed by atoms with Crippen molar-refractivity contribution < 1.29 is 37.4 Å². The molecule has 8 aromatic rings. The molecule has 6 heterocycles. The van der Waals surface area contributed by atoms with Crippen molar-refractivity contribution in [2.45, 2.75) is 25.7 Å². The van der Waals surface area contributed by atoms with E-state index in [0.29, 0.717) is 67.9 Å². The molecule has 350 valence electrons. The predicted molar refractivity (Wildman–Crippen MR) is 269 cm³/mol. The van der Waals surface area contributed by atoms with Gasteiger partial charge in [-0.3, -0.25) is 18.1 Å². The number of aryl methyl sites for hydroxylation is 2. The highest BCUT2D eigenvalue weighted by Gasteiger charge is 2.59. The van der Waals surface area contributed by atoms with Crippen LogP contribution in [0, 0.1) is 0 Å². The minimum Gasteiger partial charge on any atom is -0.493 e. The first-order valence-electron chi connectivity index (χ1n) is 22.9. The summed E-state index contributed by atoms with van der Waals surface area (Å²) in [5.41, 5.74) is 5.08. The van der Waals surface area contributed by atoms with E-state index in [1.165, 1.54) is 0 Å². The van der Waals surface area contributed by atoms with Crippen molar-refractivity contribution in [2.24, 2.45) is 30.0 Å². The number of methoxy groups -OCH3 is 4. The zero-order chi connectivity index (χ0) is 48.4. The zero-order valence-corrected chi connectivity index (χ0v) is 39.9. The molecule has 12 rings (SSSR count). The molecule has 4 aliphatic rings. The van der Waals surface area contributed by atoms with E-state index < -0.39 is 20.8 Å². The van der Waals surface area contributed by atoms with Gasteiger partial charge in [-0.25, -0.2) is 30.0 Å². The Balaban J connectivity index is 1.18. The molecule has 0 saturated carbocycles. The van der Waals surface area contributed by atoms with E-state index in [1.54, 1.807) is 49.0 Å². The topological polar surface area (TPSA) is 174 Å². The number of fused-ring (bicyclic) bond motifs is 14. The Bertz CT molecular complexity index is 3610. The molecule has 0 aliphatic carbocycles. The van der Waals surface area contributed by atoms with E-state index in [4.69, 9.17) is 57.8 Å². The monoisotopic (exact) mass is 958 g/mol. The molecule has 16 nitrogen and oxygen atoms in total. The van der Waals surface area contributed by atoms with Gasteiger partial charge in [-0.2, -0.15) is 0 Å². The summed E-state index contributed by atoms with van der Waals surface area (Å²) < 4.78 is 40.0. The molecular formula is C54H42N8O8Si. The van der Waals surface area contributed by atoms with E-state index in [-0.39, 0.29) is 48.3 Å². The fourth-order valence-corrected chi connectivity index (χ4v) is 12.8. The van der Waals surface area contributed by atoms with Crippen LogP contribution in [0.4, 0.5) is 11.6 Å². The lowest BCUT2D eigenvalue weighted by Gasteiger charge is -2.32. The van der Waals surface area contributed by atoms with Gasteiger partial charge < -0.3 is 27.8 Å². The smallest absolute Gasteiger partial charge is 0.493 e. The van der Waals surface area contributed by atoms with E-state index in [0.717, 1.165) is 33.4 Å². The molecule has 0 saturated heterocycles. The second-order valence-electron chi connectivity index (χ2n) is 17.0. The van der Waals surface area contributed by atoms with E-state index >= 15 is 9.59 Å². The molecule has 0 atom stereocenters. The molecule has 0 spiro atoms. The molecule has 4 aliphatic heterocycles. The van der Waals surface area contributed by atoms with Crippen LogP contribution < -0.4 is 29.9 Å². The number of aromatic nitrogens is 2. The lowest BCUT2D eigenvalue weighted by atomic mass is 10.1. The summed E-state index contributed by atoms with van der Waals surface area (Å²) >= 11 is 0. The van der Waals surface area contributed by atoms with Gasteiger partial charge in [0.05, 0.1) is 28.4 Å². The Labute approximate surface area is 406 Å². The minimum atomic E-state index is -5.14. The Kier molecular flexibility index (Phi) is 10.5. The van der Waals surface area contributed by atoms with Gasteiger partial charge in [0.25, 0.3) is 11.9 Å². The predicted octanol–water partition coefficient (Wildman–Crippen LogP) is 7.76. The van der Waals surface area contributed by atoms with Gasteiger partial charge >= 0.3 is 8.88 Å². The number of ether oxygens (including phenoxy) is 4. The number of rotatable bonds is 12. The van der Waals surface area contributed by atoms with E-state index in [2.05, 4.69) is 0 Å². The second-order valence-corrected chi connectivity index (χ2v) is 19.4. The molecule has 0 radical (unpaired) electrons. The highest BCUT2D eigenvalue weighted by Crippen LogP contribution is 2.44. The quantitative estimate of drug-likeness (QED) is 0.112. The summed E-state index contributed by atoms with van der Waals surface area (Å²) in [6.45, 7) is 0. The normalized spacial score (nSPS) is 14.4. The van der Waals surface area contributed by atoms with Crippen molar-refractivity contribution in [3.05, 3.63) is 178 Å². The molecule has 6 aromatic carbocycles. The van der Waals surface area contributed by atoms with Crippen molar-refractivity contribution in [1.29, 1.82) is 0 Å². The average Bonchev–Trinajstić information content (AvgIpc) is 4.13. The van der Waals surface area contributed by atoms with Gasteiger partial charge in [-0.1, -0.05) is 109 Å².